The van der Waals surface area contributed by atoms with Gasteiger partial charge in [0.15, 0.2) is 5.82 Å². The Morgan fingerprint density at radius 2 is 1.74 bits per heavy atom. The standard InChI is InChI=1S/C18H19FN4/c1-23(2)12-11-20-18-15-5-3-4-6-16(15)21-17(22-18)13-7-9-14(19)10-8-13/h3-10H,11-12H2,1-2H3,(H,20,21,22). The number of benzene rings is 2. The number of nitrogens with one attached hydrogen (secondary N) is 1. The van der Waals surface area contributed by atoms with Crippen LogP contribution in [0.1, 0.15) is 0 Å². The van der Waals surface area contributed by atoms with Crippen molar-refractivity contribution in [3.05, 3.63) is 54.3 Å². The van der Waals surface area contributed by atoms with E-state index in [2.05, 4.69) is 20.2 Å². The van der Waals surface area contributed by atoms with Crippen molar-refractivity contribution in [2.24, 2.45) is 0 Å². The van der Waals surface area contributed by atoms with Gasteiger partial charge in [-0.1, -0.05) is 12.1 Å². The molecule has 1 aromatic heterocycles. The Bertz CT molecular complexity index is 800. The summed E-state index contributed by atoms with van der Waals surface area (Å²) in [6.07, 6.45) is 0. The van der Waals surface area contributed by atoms with Crippen LogP contribution < -0.4 is 5.32 Å². The minimum atomic E-state index is -0.265. The van der Waals surface area contributed by atoms with Gasteiger partial charge in [0.25, 0.3) is 0 Å². The summed E-state index contributed by atoms with van der Waals surface area (Å²) < 4.78 is 13.1. The number of hydrogen-bond acceptors (Lipinski definition) is 4. The molecule has 0 bridgehead atoms. The molecule has 0 aliphatic rings. The van der Waals surface area contributed by atoms with Crippen LogP contribution in [0.3, 0.4) is 0 Å². The molecule has 3 rings (SSSR count). The SMILES string of the molecule is CN(C)CCNc1nc(-c2ccc(F)cc2)nc2ccccc12. The fraction of sp³-hybridized carbons (Fsp3) is 0.222. The van der Waals surface area contributed by atoms with E-state index >= 15 is 0 Å². The molecule has 23 heavy (non-hydrogen) atoms. The molecule has 0 saturated heterocycles. The molecule has 0 unspecified atom stereocenters. The number of aromatic nitrogens is 2. The van der Waals surface area contributed by atoms with E-state index in [4.69, 9.17) is 0 Å². The summed E-state index contributed by atoms with van der Waals surface area (Å²) in [7, 11) is 4.06. The highest BCUT2D eigenvalue weighted by Crippen LogP contribution is 2.24. The van der Waals surface area contributed by atoms with Crippen LogP contribution in [0.4, 0.5) is 10.2 Å². The van der Waals surface area contributed by atoms with Gasteiger partial charge in [0, 0.05) is 24.0 Å². The van der Waals surface area contributed by atoms with Crippen LogP contribution in [0, 0.1) is 5.82 Å². The first-order valence-corrected chi connectivity index (χ1v) is 7.55. The van der Waals surface area contributed by atoms with E-state index < -0.39 is 0 Å². The van der Waals surface area contributed by atoms with Gasteiger partial charge in [-0.3, -0.25) is 0 Å². The van der Waals surface area contributed by atoms with E-state index in [9.17, 15) is 4.39 Å². The smallest absolute Gasteiger partial charge is 0.162 e. The molecular formula is C18H19FN4. The van der Waals surface area contributed by atoms with Crippen LogP contribution in [0.5, 0.6) is 0 Å². The van der Waals surface area contributed by atoms with Gasteiger partial charge in [-0.2, -0.15) is 0 Å². The van der Waals surface area contributed by atoms with Crippen LogP contribution in [0.15, 0.2) is 48.5 Å². The first-order valence-electron chi connectivity index (χ1n) is 7.55. The van der Waals surface area contributed by atoms with Crippen molar-refractivity contribution < 1.29 is 4.39 Å². The monoisotopic (exact) mass is 310 g/mol. The summed E-state index contributed by atoms with van der Waals surface area (Å²) in [5, 5.41) is 4.36. The van der Waals surface area contributed by atoms with Crippen molar-refractivity contribution in [2.75, 3.05) is 32.5 Å². The maximum Gasteiger partial charge on any atom is 0.162 e. The second kappa shape index (κ2) is 6.71. The summed E-state index contributed by atoms with van der Waals surface area (Å²) >= 11 is 0. The highest BCUT2D eigenvalue weighted by atomic mass is 19.1. The normalized spacial score (nSPS) is 11.1. The molecule has 0 atom stereocenters. The third-order valence-electron chi connectivity index (χ3n) is 3.56. The lowest BCUT2D eigenvalue weighted by atomic mass is 10.2. The molecule has 0 aliphatic heterocycles. The summed E-state index contributed by atoms with van der Waals surface area (Å²) in [4.78, 5) is 11.3. The van der Waals surface area contributed by atoms with Gasteiger partial charge in [0.1, 0.15) is 11.6 Å². The molecule has 3 aromatic rings. The third-order valence-corrected chi connectivity index (χ3v) is 3.56. The third kappa shape index (κ3) is 3.63. The number of hydrogen-bond donors (Lipinski definition) is 1. The Hall–Kier alpha value is -2.53. The number of fused-ring (bicyclic) bond motifs is 1. The molecule has 0 spiro atoms. The van der Waals surface area contributed by atoms with Crippen molar-refractivity contribution in [2.45, 2.75) is 0 Å². The summed E-state index contributed by atoms with van der Waals surface area (Å²) in [5.41, 5.74) is 1.67. The zero-order chi connectivity index (χ0) is 16.2. The van der Waals surface area contributed by atoms with Gasteiger partial charge >= 0.3 is 0 Å². The van der Waals surface area contributed by atoms with Gasteiger partial charge in [0.2, 0.25) is 0 Å². The average Bonchev–Trinajstić information content (AvgIpc) is 2.55. The maximum atomic E-state index is 13.1. The van der Waals surface area contributed by atoms with E-state index in [1.54, 1.807) is 12.1 Å². The molecule has 0 amide bonds. The number of para-hydroxylation sites is 1. The number of halogens is 1. The molecule has 0 radical (unpaired) electrons. The Labute approximate surface area is 135 Å². The van der Waals surface area contributed by atoms with Gasteiger partial charge < -0.3 is 10.2 Å². The van der Waals surface area contributed by atoms with Crippen LogP contribution in [-0.4, -0.2) is 42.1 Å². The quantitative estimate of drug-likeness (QED) is 0.784. The van der Waals surface area contributed by atoms with Crippen LogP contribution >= 0.6 is 0 Å². The second-order valence-corrected chi connectivity index (χ2v) is 5.65. The highest BCUT2D eigenvalue weighted by molar-refractivity contribution is 5.90. The number of anilines is 1. The lowest BCUT2D eigenvalue weighted by Gasteiger charge is -2.13. The lowest BCUT2D eigenvalue weighted by Crippen LogP contribution is -2.21. The molecule has 1 heterocycles. The van der Waals surface area contributed by atoms with Crippen molar-refractivity contribution >= 4 is 16.7 Å². The first-order chi connectivity index (χ1) is 11.1. The van der Waals surface area contributed by atoms with E-state index in [1.165, 1.54) is 12.1 Å². The molecule has 0 saturated carbocycles. The second-order valence-electron chi connectivity index (χ2n) is 5.65. The summed E-state index contributed by atoms with van der Waals surface area (Å²) in [6, 6.07) is 14.1. The number of rotatable bonds is 5. The first kappa shape index (κ1) is 15.4. The minimum absolute atomic E-state index is 0.265. The Balaban J connectivity index is 2.00. The number of nitrogens with zero attached hydrogens (tertiary/aromatic N) is 3. The summed E-state index contributed by atoms with van der Waals surface area (Å²) in [5.74, 6) is 1.13. The molecule has 118 valence electrons. The minimum Gasteiger partial charge on any atom is -0.368 e. The van der Waals surface area contributed by atoms with Crippen molar-refractivity contribution in [3.8, 4) is 11.4 Å². The van der Waals surface area contributed by atoms with E-state index in [0.717, 1.165) is 35.4 Å². The molecule has 0 aliphatic carbocycles. The molecule has 5 heteroatoms. The lowest BCUT2D eigenvalue weighted by molar-refractivity contribution is 0.425. The van der Waals surface area contributed by atoms with Crippen molar-refractivity contribution in [1.29, 1.82) is 0 Å². The molecule has 0 fully saturated rings. The van der Waals surface area contributed by atoms with Crippen molar-refractivity contribution in [1.82, 2.24) is 14.9 Å². The van der Waals surface area contributed by atoms with E-state index in [-0.39, 0.29) is 5.82 Å². The Morgan fingerprint density at radius 1 is 1.00 bits per heavy atom. The average molecular weight is 310 g/mol. The van der Waals surface area contributed by atoms with Gasteiger partial charge in [-0.15, -0.1) is 0 Å². The highest BCUT2D eigenvalue weighted by Gasteiger charge is 2.09. The predicted molar refractivity (Wildman–Crippen MR) is 92.0 cm³/mol. The fourth-order valence-corrected chi connectivity index (χ4v) is 2.34. The van der Waals surface area contributed by atoms with Crippen LogP contribution in [0.2, 0.25) is 0 Å². The summed E-state index contributed by atoms with van der Waals surface area (Å²) in [6.45, 7) is 1.70. The zero-order valence-corrected chi connectivity index (χ0v) is 13.3. The fourth-order valence-electron chi connectivity index (χ4n) is 2.34. The van der Waals surface area contributed by atoms with Crippen LogP contribution in [0.25, 0.3) is 22.3 Å². The predicted octanol–water partition coefficient (Wildman–Crippen LogP) is 3.41. The largest absolute Gasteiger partial charge is 0.368 e. The molecule has 2 aromatic carbocycles. The van der Waals surface area contributed by atoms with Gasteiger partial charge in [-0.05, 0) is 50.5 Å². The zero-order valence-electron chi connectivity index (χ0n) is 13.3. The molecule has 4 nitrogen and oxygen atoms in total. The van der Waals surface area contributed by atoms with E-state index in [1.807, 2.05) is 38.4 Å². The maximum absolute atomic E-state index is 13.1. The number of likely N-dealkylation sites (N-methyl/N-ethyl adjacent to an activating group) is 1. The van der Waals surface area contributed by atoms with Gasteiger partial charge in [-0.25, -0.2) is 14.4 Å². The topological polar surface area (TPSA) is 41.0 Å². The van der Waals surface area contributed by atoms with Crippen LogP contribution in [-0.2, 0) is 0 Å². The van der Waals surface area contributed by atoms with Gasteiger partial charge in [0.05, 0.1) is 5.52 Å². The Morgan fingerprint density at radius 3 is 2.48 bits per heavy atom. The van der Waals surface area contributed by atoms with E-state index in [0.29, 0.717) is 5.82 Å². The molecular weight excluding hydrogens is 291 g/mol. The van der Waals surface area contributed by atoms with Crippen molar-refractivity contribution in [3.63, 3.8) is 0 Å². The Kier molecular flexibility index (Phi) is 4.48. The molecule has 1 N–H and O–H groups in total.